The van der Waals surface area contributed by atoms with Crippen LogP contribution >= 0.6 is 0 Å². The van der Waals surface area contributed by atoms with Crippen LogP contribution in [0.3, 0.4) is 0 Å². The van der Waals surface area contributed by atoms with Crippen molar-refractivity contribution in [3.8, 4) is 28.7 Å². The molecule has 2 aromatic rings. The Labute approximate surface area is 187 Å². The molecule has 2 amide bonds. The Morgan fingerprint density at radius 1 is 0.875 bits per heavy atom. The molecule has 1 unspecified atom stereocenters. The molecule has 9 nitrogen and oxygen atoms in total. The maximum Gasteiger partial charge on any atom is 0.251 e. The van der Waals surface area contributed by atoms with Crippen LogP contribution in [0.2, 0.25) is 0 Å². The number of benzene rings is 2. The summed E-state index contributed by atoms with van der Waals surface area (Å²) in [6.45, 7) is 4.05. The summed E-state index contributed by atoms with van der Waals surface area (Å²) in [7, 11) is 5.96. The van der Waals surface area contributed by atoms with Gasteiger partial charge in [0.1, 0.15) is 0 Å². The van der Waals surface area contributed by atoms with Crippen LogP contribution in [0.25, 0.3) is 0 Å². The van der Waals surface area contributed by atoms with E-state index in [1.807, 2.05) is 26.0 Å². The molecule has 0 fully saturated rings. The van der Waals surface area contributed by atoms with Crippen molar-refractivity contribution in [2.24, 2.45) is 0 Å². The van der Waals surface area contributed by atoms with Crippen LogP contribution in [0.5, 0.6) is 28.7 Å². The van der Waals surface area contributed by atoms with Crippen LogP contribution in [-0.2, 0) is 4.79 Å². The highest BCUT2D eigenvalue weighted by atomic mass is 16.5. The second kappa shape index (κ2) is 11.7. The summed E-state index contributed by atoms with van der Waals surface area (Å²) >= 11 is 0. The Morgan fingerprint density at radius 2 is 1.50 bits per heavy atom. The van der Waals surface area contributed by atoms with Crippen molar-refractivity contribution in [3.05, 3.63) is 41.5 Å². The summed E-state index contributed by atoms with van der Waals surface area (Å²) in [4.78, 5) is 24.9. The van der Waals surface area contributed by atoms with Gasteiger partial charge in [0.2, 0.25) is 11.7 Å². The molecule has 0 spiro atoms. The number of hydrogen-bond acceptors (Lipinski definition) is 7. The molecule has 2 aromatic carbocycles. The van der Waals surface area contributed by atoms with E-state index in [2.05, 4.69) is 10.6 Å². The van der Waals surface area contributed by atoms with Gasteiger partial charge in [-0.25, -0.2) is 0 Å². The summed E-state index contributed by atoms with van der Waals surface area (Å²) in [5, 5.41) is 5.45. The quantitative estimate of drug-likeness (QED) is 0.547. The standard InChI is InChI=1S/C23H30N2O7/c1-7-32-17-9-8-15(10-18(17)28-3)14(2)25-21(26)13-24-23(27)16-11-19(29-4)22(31-6)20(12-16)30-5/h8-12,14H,7,13H2,1-6H3,(H,24,27)(H,25,26). The van der Waals surface area contributed by atoms with Gasteiger partial charge in [-0.3, -0.25) is 9.59 Å². The van der Waals surface area contributed by atoms with Crippen molar-refractivity contribution in [2.75, 3.05) is 41.6 Å². The van der Waals surface area contributed by atoms with Crippen molar-refractivity contribution in [1.82, 2.24) is 10.6 Å². The Bertz CT molecular complexity index is 921. The first-order valence-electron chi connectivity index (χ1n) is 10.1. The number of hydrogen-bond donors (Lipinski definition) is 2. The second-order valence-corrected chi connectivity index (χ2v) is 6.73. The summed E-state index contributed by atoms with van der Waals surface area (Å²) in [6, 6.07) is 8.20. The molecule has 32 heavy (non-hydrogen) atoms. The van der Waals surface area contributed by atoms with E-state index >= 15 is 0 Å². The van der Waals surface area contributed by atoms with E-state index in [-0.39, 0.29) is 24.1 Å². The molecule has 1 atom stereocenters. The summed E-state index contributed by atoms with van der Waals surface area (Å²) in [6.07, 6.45) is 0. The summed E-state index contributed by atoms with van der Waals surface area (Å²) < 4.78 is 26.6. The number of nitrogens with one attached hydrogen (secondary N) is 2. The molecule has 0 aliphatic rings. The number of carbonyl (C=O) groups excluding carboxylic acids is 2. The van der Waals surface area contributed by atoms with Gasteiger partial charge in [0, 0.05) is 5.56 Å². The molecule has 174 valence electrons. The third kappa shape index (κ3) is 5.96. The van der Waals surface area contributed by atoms with Crippen molar-refractivity contribution >= 4 is 11.8 Å². The number of amides is 2. The smallest absolute Gasteiger partial charge is 0.251 e. The molecule has 0 saturated carbocycles. The largest absolute Gasteiger partial charge is 0.493 e. The van der Waals surface area contributed by atoms with E-state index in [0.29, 0.717) is 35.4 Å². The van der Waals surface area contributed by atoms with Crippen molar-refractivity contribution in [3.63, 3.8) is 0 Å². The van der Waals surface area contributed by atoms with Gasteiger partial charge in [-0.1, -0.05) is 6.07 Å². The lowest BCUT2D eigenvalue weighted by Gasteiger charge is -2.17. The summed E-state index contributed by atoms with van der Waals surface area (Å²) in [5.41, 5.74) is 1.12. The highest BCUT2D eigenvalue weighted by molar-refractivity contribution is 5.97. The predicted octanol–water partition coefficient (Wildman–Crippen LogP) is 2.73. The number of rotatable bonds is 11. The minimum atomic E-state index is -0.449. The van der Waals surface area contributed by atoms with Crippen LogP contribution in [0.4, 0.5) is 0 Å². The lowest BCUT2D eigenvalue weighted by Crippen LogP contribution is -2.38. The average molecular weight is 447 g/mol. The summed E-state index contributed by atoms with van der Waals surface area (Å²) in [5.74, 6) is 1.50. The Kier molecular flexibility index (Phi) is 9.00. The number of ether oxygens (including phenoxy) is 5. The Morgan fingerprint density at radius 3 is 2.03 bits per heavy atom. The molecule has 0 aliphatic carbocycles. The fraction of sp³-hybridized carbons (Fsp3) is 0.391. The Hall–Kier alpha value is -3.62. The van der Waals surface area contributed by atoms with Crippen LogP contribution in [0.1, 0.15) is 35.8 Å². The highest BCUT2D eigenvalue weighted by Gasteiger charge is 2.18. The van der Waals surface area contributed by atoms with Crippen LogP contribution < -0.4 is 34.3 Å². The van der Waals surface area contributed by atoms with Gasteiger partial charge in [-0.15, -0.1) is 0 Å². The van der Waals surface area contributed by atoms with Gasteiger partial charge in [-0.05, 0) is 43.7 Å². The van der Waals surface area contributed by atoms with Gasteiger partial charge in [0.05, 0.1) is 47.6 Å². The monoisotopic (exact) mass is 446 g/mol. The van der Waals surface area contributed by atoms with E-state index in [4.69, 9.17) is 23.7 Å². The van der Waals surface area contributed by atoms with Gasteiger partial charge >= 0.3 is 0 Å². The molecule has 0 heterocycles. The highest BCUT2D eigenvalue weighted by Crippen LogP contribution is 2.38. The fourth-order valence-corrected chi connectivity index (χ4v) is 3.08. The lowest BCUT2D eigenvalue weighted by molar-refractivity contribution is -0.120. The van der Waals surface area contributed by atoms with Crippen molar-refractivity contribution in [1.29, 1.82) is 0 Å². The van der Waals surface area contributed by atoms with E-state index in [0.717, 1.165) is 5.56 Å². The first-order valence-corrected chi connectivity index (χ1v) is 10.1. The molecule has 9 heteroatoms. The number of methoxy groups -OCH3 is 4. The zero-order chi connectivity index (χ0) is 23.7. The Balaban J connectivity index is 2.01. The lowest BCUT2D eigenvalue weighted by atomic mass is 10.1. The van der Waals surface area contributed by atoms with Crippen LogP contribution in [-0.4, -0.2) is 53.4 Å². The van der Waals surface area contributed by atoms with E-state index in [1.54, 1.807) is 13.2 Å². The zero-order valence-electron chi connectivity index (χ0n) is 19.2. The minimum absolute atomic E-state index is 0.200. The van der Waals surface area contributed by atoms with Gasteiger partial charge in [-0.2, -0.15) is 0 Å². The third-order valence-corrected chi connectivity index (χ3v) is 4.70. The molecule has 2 N–H and O–H groups in total. The molecular weight excluding hydrogens is 416 g/mol. The van der Waals surface area contributed by atoms with Gasteiger partial charge < -0.3 is 34.3 Å². The topological polar surface area (TPSA) is 104 Å². The van der Waals surface area contributed by atoms with Crippen molar-refractivity contribution < 1.29 is 33.3 Å². The molecule has 0 aliphatic heterocycles. The molecule has 0 saturated heterocycles. The first kappa shape index (κ1) is 24.6. The maximum absolute atomic E-state index is 12.5. The van der Waals surface area contributed by atoms with E-state index < -0.39 is 5.91 Å². The zero-order valence-corrected chi connectivity index (χ0v) is 19.2. The molecule has 2 rings (SSSR count). The van der Waals surface area contributed by atoms with E-state index in [9.17, 15) is 9.59 Å². The maximum atomic E-state index is 12.5. The third-order valence-electron chi connectivity index (χ3n) is 4.70. The molecule has 0 radical (unpaired) electrons. The van der Waals surface area contributed by atoms with Crippen LogP contribution in [0, 0.1) is 0 Å². The fourth-order valence-electron chi connectivity index (χ4n) is 3.08. The van der Waals surface area contributed by atoms with Gasteiger partial charge in [0.15, 0.2) is 23.0 Å². The SMILES string of the molecule is CCOc1ccc(C(C)NC(=O)CNC(=O)c2cc(OC)c(OC)c(OC)c2)cc1OC. The van der Waals surface area contributed by atoms with Crippen LogP contribution in [0.15, 0.2) is 30.3 Å². The van der Waals surface area contributed by atoms with Crippen molar-refractivity contribution in [2.45, 2.75) is 19.9 Å². The molecular formula is C23H30N2O7. The van der Waals surface area contributed by atoms with Gasteiger partial charge in [0.25, 0.3) is 5.91 Å². The molecule has 0 aromatic heterocycles. The molecule has 0 bridgehead atoms. The predicted molar refractivity (Wildman–Crippen MR) is 119 cm³/mol. The normalized spacial score (nSPS) is 11.2. The van der Waals surface area contributed by atoms with E-state index in [1.165, 1.54) is 33.5 Å². The average Bonchev–Trinajstić information content (AvgIpc) is 2.81. The second-order valence-electron chi connectivity index (χ2n) is 6.73. The number of carbonyl (C=O) groups is 2. The first-order chi connectivity index (χ1) is 15.4. The minimum Gasteiger partial charge on any atom is -0.493 e.